The fourth-order valence-electron chi connectivity index (χ4n) is 4.36. The van der Waals surface area contributed by atoms with Crippen LogP contribution in [0.1, 0.15) is 38.9 Å². The van der Waals surface area contributed by atoms with Gasteiger partial charge in [0, 0.05) is 12.6 Å². The van der Waals surface area contributed by atoms with Gasteiger partial charge in [-0.3, -0.25) is 19.1 Å². The maximum atomic E-state index is 12.8. The monoisotopic (exact) mass is 579 g/mol. The first-order chi connectivity index (χ1) is 20.9. The van der Waals surface area contributed by atoms with Gasteiger partial charge in [-0.15, -0.1) is 5.73 Å². The van der Waals surface area contributed by atoms with Gasteiger partial charge in [0.25, 0.3) is 11.5 Å². The van der Waals surface area contributed by atoms with Crippen LogP contribution in [-0.4, -0.2) is 52.8 Å². The van der Waals surface area contributed by atoms with Crippen LogP contribution in [0.5, 0.6) is 0 Å². The lowest BCUT2D eigenvalue weighted by Gasteiger charge is -2.19. The van der Waals surface area contributed by atoms with E-state index in [1.54, 1.807) is 78.9 Å². The third-order valence-corrected chi connectivity index (χ3v) is 6.52. The largest absolute Gasteiger partial charge is 0.459 e. The van der Waals surface area contributed by atoms with Gasteiger partial charge in [-0.05, 0) is 36.4 Å². The van der Waals surface area contributed by atoms with Crippen molar-refractivity contribution in [2.75, 3.05) is 13.2 Å². The van der Waals surface area contributed by atoms with E-state index in [4.69, 9.17) is 14.2 Å². The highest BCUT2D eigenvalue weighted by molar-refractivity contribution is 5.96. The summed E-state index contributed by atoms with van der Waals surface area (Å²) in [7, 11) is 0. The number of carbonyl (C=O) groups excluding carboxylic acids is 3. The molecule has 5 rings (SSSR count). The van der Waals surface area contributed by atoms with Gasteiger partial charge in [0.1, 0.15) is 30.6 Å². The quantitative estimate of drug-likeness (QED) is 0.234. The molecule has 1 aromatic heterocycles. The molecule has 11 heteroatoms. The van der Waals surface area contributed by atoms with Crippen LogP contribution in [0.25, 0.3) is 0 Å². The van der Waals surface area contributed by atoms with Gasteiger partial charge < -0.3 is 19.5 Å². The number of H-pyrrole nitrogens is 1. The molecule has 0 spiro atoms. The van der Waals surface area contributed by atoms with Crippen molar-refractivity contribution < 1.29 is 28.6 Å². The van der Waals surface area contributed by atoms with Crippen LogP contribution in [0.15, 0.2) is 106 Å². The fourth-order valence-corrected chi connectivity index (χ4v) is 4.36. The smallest absolute Gasteiger partial charge is 0.338 e. The summed E-state index contributed by atoms with van der Waals surface area (Å²) in [5.41, 5.74) is 2.25. The van der Waals surface area contributed by atoms with Gasteiger partial charge in [-0.2, -0.15) is 0 Å². The van der Waals surface area contributed by atoms with Gasteiger partial charge in [0.2, 0.25) is 0 Å². The molecule has 2 aliphatic rings. The molecule has 43 heavy (non-hydrogen) atoms. The summed E-state index contributed by atoms with van der Waals surface area (Å²) >= 11 is 0. The summed E-state index contributed by atoms with van der Waals surface area (Å²) < 4.78 is 18.3. The topological polar surface area (TPSA) is 146 Å². The Morgan fingerprint density at radius 2 is 1.72 bits per heavy atom. The molecule has 0 bridgehead atoms. The molecule has 2 N–H and O–H groups in total. The second-order valence-corrected chi connectivity index (χ2v) is 9.42. The molecule has 0 saturated carbocycles. The fraction of sp³-hybridized carbons (Fsp3) is 0.188. The van der Waals surface area contributed by atoms with Crippen molar-refractivity contribution in [3.63, 3.8) is 0 Å². The van der Waals surface area contributed by atoms with Crippen molar-refractivity contribution in [2.45, 2.75) is 24.9 Å². The van der Waals surface area contributed by atoms with Gasteiger partial charge >= 0.3 is 17.6 Å². The van der Waals surface area contributed by atoms with E-state index in [0.29, 0.717) is 16.7 Å². The van der Waals surface area contributed by atoms with E-state index in [2.05, 4.69) is 27.9 Å². The Morgan fingerprint density at radius 3 is 2.40 bits per heavy atom. The van der Waals surface area contributed by atoms with E-state index >= 15 is 0 Å². The maximum absolute atomic E-state index is 12.8. The van der Waals surface area contributed by atoms with Crippen LogP contribution in [-0.2, 0) is 19.0 Å². The highest BCUT2D eigenvalue weighted by Crippen LogP contribution is 2.31. The number of benzene rings is 2. The molecule has 216 valence electrons. The molecule has 1 aliphatic carbocycles. The normalized spacial score (nSPS) is 18.3. The predicted octanol–water partition coefficient (Wildman–Crippen LogP) is 2.03. The van der Waals surface area contributed by atoms with Crippen LogP contribution < -0.4 is 16.6 Å². The van der Waals surface area contributed by atoms with Gasteiger partial charge in [-0.1, -0.05) is 54.3 Å². The average Bonchev–Trinajstić information content (AvgIpc) is 3.70. The number of nitrogens with zero attached hydrogens (tertiary/aromatic N) is 1. The van der Waals surface area contributed by atoms with Crippen molar-refractivity contribution in [3.05, 3.63) is 134 Å². The molecule has 3 aromatic rings. The van der Waals surface area contributed by atoms with E-state index in [0.717, 1.165) is 4.57 Å². The van der Waals surface area contributed by atoms with Gasteiger partial charge in [0.15, 0.2) is 0 Å². The molecule has 3 atom stereocenters. The van der Waals surface area contributed by atoms with Crippen LogP contribution >= 0.6 is 0 Å². The summed E-state index contributed by atoms with van der Waals surface area (Å²) in [4.78, 5) is 64.8. The first kappa shape index (κ1) is 28.8. The summed E-state index contributed by atoms with van der Waals surface area (Å²) in [6.07, 6.45) is 3.37. The molecule has 0 radical (unpaired) electrons. The van der Waals surface area contributed by atoms with E-state index in [-0.39, 0.29) is 31.0 Å². The molecule has 1 amide bonds. The maximum Gasteiger partial charge on any atom is 0.338 e. The number of rotatable bonds is 8. The third kappa shape index (κ3) is 7.15. The van der Waals surface area contributed by atoms with Crippen molar-refractivity contribution in [2.24, 2.45) is 0 Å². The van der Waals surface area contributed by atoms with E-state index in [1.165, 1.54) is 6.20 Å². The van der Waals surface area contributed by atoms with Gasteiger partial charge in [-0.25, -0.2) is 14.4 Å². The average molecular weight is 580 g/mol. The molecule has 0 unspecified atom stereocenters. The zero-order chi connectivity index (χ0) is 30.2. The van der Waals surface area contributed by atoms with Crippen molar-refractivity contribution >= 4 is 17.8 Å². The zero-order valence-electron chi connectivity index (χ0n) is 22.6. The van der Waals surface area contributed by atoms with E-state index < -0.39 is 41.6 Å². The number of amides is 1. The summed E-state index contributed by atoms with van der Waals surface area (Å²) in [6.45, 7) is -0.315. The van der Waals surface area contributed by atoms with Crippen molar-refractivity contribution in [3.8, 4) is 11.8 Å². The van der Waals surface area contributed by atoms with E-state index in [1.807, 2.05) is 0 Å². The van der Waals surface area contributed by atoms with Crippen molar-refractivity contribution in [1.82, 2.24) is 14.9 Å². The highest BCUT2D eigenvalue weighted by atomic mass is 16.6. The SMILES string of the molecule is O=C(NCC#Cc1cn([C@H]2C[C@H](OC(=O)c3ccccc3)[C@@H](COC(=O)c3ccccc3)O2)c(=O)[nH]c1=O)C1=C=CC=C1. The van der Waals surface area contributed by atoms with Gasteiger partial charge in [0.05, 0.1) is 23.2 Å². The Balaban J connectivity index is 1.32. The number of nitrogens with one attached hydrogen (secondary N) is 2. The first-order valence-corrected chi connectivity index (χ1v) is 13.3. The Hall–Kier alpha value is -5.69. The Kier molecular flexibility index (Phi) is 8.93. The van der Waals surface area contributed by atoms with Crippen LogP contribution in [0.3, 0.4) is 0 Å². The number of aromatic nitrogens is 2. The summed E-state index contributed by atoms with van der Waals surface area (Å²) in [5, 5.41) is 2.59. The van der Waals surface area contributed by atoms with Crippen LogP contribution in [0, 0.1) is 11.8 Å². The lowest BCUT2D eigenvalue weighted by Crippen LogP contribution is -2.34. The van der Waals surface area contributed by atoms with Crippen molar-refractivity contribution in [1.29, 1.82) is 0 Å². The molecular weight excluding hydrogens is 554 g/mol. The Morgan fingerprint density at radius 1 is 1.02 bits per heavy atom. The number of ether oxygens (including phenoxy) is 3. The molecule has 1 fully saturated rings. The summed E-state index contributed by atoms with van der Waals surface area (Å²) in [5.74, 6) is 3.76. The number of allylic oxidation sites excluding steroid dienone is 1. The lowest BCUT2D eigenvalue weighted by molar-refractivity contribution is -0.116. The van der Waals surface area contributed by atoms with Crippen LogP contribution in [0.2, 0.25) is 0 Å². The third-order valence-electron chi connectivity index (χ3n) is 6.52. The minimum Gasteiger partial charge on any atom is -0.459 e. The second-order valence-electron chi connectivity index (χ2n) is 9.42. The summed E-state index contributed by atoms with van der Waals surface area (Å²) in [6, 6.07) is 16.7. The predicted molar refractivity (Wildman–Crippen MR) is 153 cm³/mol. The number of hydrogen-bond acceptors (Lipinski definition) is 8. The molecule has 11 nitrogen and oxygen atoms in total. The molecule has 2 heterocycles. The number of carbonyl (C=O) groups is 3. The van der Waals surface area contributed by atoms with E-state index in [9.17, 15) is 24.0 Å². The molecule has 1 saturated heterocycles. The highest BCUT2D eigenvalue weighted by Gasteiger charge is 2.40. The minimum absolute atomic E-state index is 0.0250. The number of esters is 2. The Bertz CT molecular complexity index is 1810. The first-order valence-electron chi connectivity index (χ1n) is 13.3. The number of hydrogen-bond donors (Lipinski definition) is 2. The standard InChI is InChI=1S/C32H25N3O8/c36-28(21-10-7-8-11-21)33-17-9-16-24-19-35(32(40)34-29(24)37)27-18-25(43-31(39)23-14-5-2-6-15-23)26(42-27)20-41-30(38)22-12-3-1-4-13-22/h1-8,10,12-15,19,25-27H,17-18,20H2,(H,33,36)(H,34,37,40)/t25-,26+,27+/m0/s1. The Labute approximate surface area is 245 Å². The van der Waals surface area contributed by atoms with Crippen LogP contribution in [0.4, 0.5) is 0 Å². The second kappa shape index (κ2) is 13.3. The molecular formula is C32H25N3O8. The zero-order valence-corrected chi connectivity index (χ0v) is 22.6. The minimum atomic E-state index is -0.980. The molecule has 2 aromatic carbocycles. The number of aromatic amines is 1. The molecule has 1 aliphatic heterocycles. The lowest BCUT2D eigenvalue weighted by atomic mass is 10.1.